The van der Waals surface area contributed by atoms with Crippen molar-refractivity contribution in [1.82, 2.24) is 14.8 Å². The minimum Gasteiger partial charge on any atom is -0.448 e. The zero-order chi connectivity index (χ0) is 15.1. The molecule has 0 unspecified atom stereocenters. The molecular weight excluding hydrogens is 280 g/mol. The van der Waals surface area contributed by atoms with Crippen molar-refractivity contribution in [2.24, 2.45) is 5.92 Å². The topological polar surface area (TPSA) is 73.0 Å². The third-order valence-corrected chi connectivity index (χ3v) is 3.87. The molecule has 3 aromatic rings. The maximum atomic E-state index is 12.2. The Morgan fingerprint density at radius 2 is 2.23 bits per heavy atom. The van der Waals surface area contributed by atoms with Crippen molar-refractivity contribution in [1.29, 1.82) is 0 Å². The number of para-hydroxylation sites is 1. The Labute approximate surface area is 127 Å². The Morgan fingerprint density at radius 1 is 1.41 bits per heavy atom. The minimum atomic E-state index is -0.307. The molecule has 6 nitrogen and oxygen atoms in total. The van der Waals surface area contributed by atoms with Crippen LogP contribution < -0.4 is 5.32 Å². The molecule has 2 aromatic heterocycles. The molecule has 1 aromatic carbocycles. The molecule has 4 rings (SSSR count). The summed E-state index contributed by atoms with van der Waals surface area (Å²) in [7, 11) is 0. The fourth-order valence-electron chi connectivity index (χ4n) is 2.54. The molecule has 0 saturated heterocycles. The highest BCUT2D eigenvalue weighted by atomic mass is 16.3. The number of aryl methyl sites for hydroxylation is 1. The number of rotatable bonds is 4. The second-order valence-corrected chi connectivity index (χ2v) is 5.70. The molecule has 0 bridgehead atoms. The monoisotopic (exact) mass is 296 g/mol. The predicted octanol–water partition coefficient (Wildman–Crippen LogP) is 3.00. The van der Waals surface area contributed by atoms with Crippen LogP contribution in [0.2, 0.25) is 0 Å². The smallest absolute Gasteiger partial charge is 0.278 e. The molecule has 0 atom stereocenters. The van der Waals surface area contributed by atoms with Gasteiger partial charge in [0.05, 0.1) is 5.52 Å². The molecule has 112 valence electrons. The molecule has 0 aliphatic heterocycles. The van der Waals surface area contributed by atoms with Gasteiger partial charge in [-0.05, 0) is 30.9 Å². The number of aromatic nitrogens is 3. The van der Waals surface area contributed by atoms with Gasteiger partial charge in [0.1, 0.15) is 6.26 Å². The van der Waals surface area contributed by atoms with Crippen molar-refractivity contribution in [3.8, 4) is 0 Å². The van der Waals surface area contributed by atoms with Gasteiger partial charge in [0, 0.05) is 18.9 Å². The van der Waals surface area contributed by atoms with E-state index in [1.54, 1.807) is 6.92 Å². The van der Waals surface area contributed by atoms with E-state index in [0.717, 1.165) is 17.4 Å². The molecule has 0 radical (unpaired) electrons. The van der Waals surface area contributed by atoms with E-state index >= 15 is 0 Å². The molecule has 1 aliphatic carbocycles. The number of nitrogens with one attached hydrogen (secondary N) is 1. The largest absolute Gasteiger partial charge is 0.448 e. The van der Waals surface area contributed by atoms with Crippen LogP contribution in [0, 0.1) is 12.8 Å². The van der Waals surface area contributed by atoms with Crippen LogP contribution in [0.25, 0.3) is 10.9 Å². The zero-order valence-corrected chi connectivity index (χ0v) is 12.2. The van der Waals surface area contributed by atoms with Crippen LogP contribution in [-0.2, 0) is 6.54 Å². The maximum Gasteiger partial charge on any atom is 0.278 e. The summed E-state index contributed by atoms with van der Waals surface area (Å²) in [6.45, 7) is 2.61. The summed E-state index contributed by atoms with van der Waals surface area (Å²) in [6, 6.07) is 7.93. The molecule has 1 N–H and O–H groups in total. The van der Waals surface area contributed by atoms with Crippen LogP contribution in [-0.4, -0.2) is 20.7 Å². The molecule has 6 heteroatoms. The molecule has 1 fully saturated rings. The summed E-state index contributed by atoms with van der Waals surface area (Å²) >= 11 is 0. The number of carbonyl (C=O) groups is 1. The van der Waals surface area contributed by atoms with Crippen LogP contribution in [0.5, 0.6) is 0 Å². The lowest BCUT2D eigenvalue weighted by atomic mass is 10.2. The molecule has 2 heterocycles. The fraction of sp³-hybridized carbons (Fsp3) is 0.312. The normalized spacial score (nSPS) is 14.4. The summed E-state index contributed by atoms with van der Waals surface area (Å²) in [5, 5.41) is 8.34. The lowest BCUT2D eigenvalue weighted by Crippen LogP contribution is -2.13. The predicted molar refractivity (Wildman–Crippen MR) is 81.7 cm³/mol. The molecule has 1 saturated carbocycles. The van der Waals surface area contributed by atoms with E-state index in [9.17, 15) is 4.79 Å². The number of nitrogens with zero attached hydrogens (tertiary/aromatic N) is 3. The SMILES string of the molecule is Cc1nc(C(=O)Nc2nn(CC3CC3)c3ccccc23)co1. The second-order valence-electron chi connectivity index (χ2n) is 5.70. The highest BCUT2D eigenvalue weighted by Gasteiger charge is 2.24. The van der Waals surface area contributed by atoms with Crippen molar-refractivity contribution >= 4 is 22.6 Å². The van der Waals surface area contributed by atoms with Gasteiger partial charge in [-0.2, -0.15) is 5.10 Å². The summed E-state index contributed by atoms with van der Waals surface area (Å²) in [5.41, 5.74) is 1.30. The highest BCUT2D eigenvalue weighted by Crippen LogP contribution is 2.32. The number of anilines is 1. The number of benzene rings is 1. The quantitative estimate of drug-likeness (QED) is 0.803. The summed E-state index contributed by atoms with van der Waals surface area (Å²) < 4.78 is 7.06. The molecule has 0 spiro atoms. The van der Waals surface area contributed by atoms with Gasteiger partial charge < -0.3 is 9.73 Å². The van der Waals surface area contributed by atoms with E-state index in [1.165, 1.54) is 19.1 Å². The first-order valence-electron chi connectivity index (χ1n) is 7.40. The summed E-state index contributed by atoms with van der Waals surface area (Å²) in [6.07, 6.45) is 3.87. The van der Waals surface area contributed by atoms with E-state index in [1.807, 2.05) is 28.9 Å². The van der Waals surface area contributed by atoms with Gasteiger partial charge in [-0.25, -0.2) is 4.98 Å². The first kappa shape index (κ1) is 13.1. The first-order chi connectivity index (χ1) is 10.7. The standard InChI is InChI=1S/C16H16N4O2/c1-10-17-13(9-22-10)16(21)18-15-12-4-2-3-5-14(12)20(19-15)8-11-6-7-11/h2-5,9,11H,6-8H2,1H3,(H,18,19,21). The Balaban J connectivity index is 1.67. The Kier molecular flexibility index (Phi) is 2.96. The number of hydrogen-bond acceptors (Lipinski definition) is 4. The van der Waals surface area contributed by atoms with E-state index in [4.69, 9.17) is 4.42 Å². The molecular formula is C16H16N4O2. The van der Waals surface area contributed by atoms with Crippen molar-refractivity contribution < 1.29 is 9.21 Å². The van der Waals surface area contributed by atoms with E-state index in [0.29, 0.717) is 17.6 Å². The third kappa shape index (κ3) is 2.36. The van der Waals surface area contributed by atoms with Crippen molar-refractivity contribution in [2.45, 2.75) is 26.3 Å². The number of oxazole rings is 1. The average Bonchev–Trinajstić information content (AvgIpc) is 3.13. The lowest BCUT2D eigenvalue weighted by molar-refractivity contribution is 0.102. The molecule has 1 amide bonds. The van der Waals surface area contributed by atoms with Gasteiger partial charge in [-0.3, -0.25) is 9.48 Å². The van der Waals surface area contributed by atoms with Crippen LogP contribution in [0.1, 0.15) is 29.2 Å². The number of amides is 1. The zero-order valence-electron chi connectivity index (χ0n) is 12.2. The fourth-order valence-corrected chi connectivity index (χ4v) is 2.54. The second kappa shape index (κ2) is 4.98. The van der Waals surface area contributed by atoms with Gasteiger partial charge in [0.25, 0.3) is 5.91 Å². The third-order valence-electron chi connectivity index (χ3n) is 3.87. The average molecular weight is 296 g/mol. The maximum absolute atomic E-state index is 12.2. The minimum absolute atomic E-state index is 0.262. The first-order valence-corrected chi connectivity index (χ1v) is 7.40. The van der Waals surface area contributed by atoms with Crippen LogP contribution >= 0.6 is 0 Å². The highest BCUT2D eigenvalue weighted by molar-refractivity contribution is 6.06. The van der Waals surface area contributed by atoms with Gasteiger partial charge in [-0.1, -0.05) is 12.1 Å². The van der Waals surface area contributed by atoms with Crippen LogP contribution in [0.4, 0.5) is 5.82 Å². The Morgan fingerprint density at radius 3 is 2.95 bits per heavy atom. The summed E-state index contributed by atoms with van der Waals surface area (Å²) in [4.78, 5) is 16.3. The van der Waals surface area contributed by atoms with Gasteiger partial charge in [-0.15, -0.1) is 0 Å². The number of carbonyl (C=O) groups excluding carboxylic acids is 1. The van der Waals surface area contributed by atoms with Gasteiger partial charge in [0.2, 0.25) is 0 Å². The van der Waals surface area contributed by atoms with Crippen LogP contribution in [0.15, 0.2) is 34.9 Å². The Hall–Kier alpha value is -2.63. The number of hydrogen-bond donors (Lipinski definition) is 1. The lowest BCUT2D eigenvalue weighted by Gasteiger charge is -2.00. The van der Waals surface area contributed by atoms with E-state index in [-0.39, 0.29) is 11.6 Å². The molecule has 1 aliphatic rings. The van der Waals surface area contributed by atoms with Crippen molar-refractivity contribution in [3.63, 3.8) is 0 Å². The van der Waals surface area contributed by atoms with E-state index < -0.39 is 0 Å². The number of fused-ring (bicyclic) bond motifs is 1. The Bertz CT molecular complexity index is 845. The van der Waals surface area contributed by atoms with Crippen molar-refractivity contribution in [2.75, 3.05) is 5.32 Å². The molecule has 22 heavy (non-hydrogen) atoms. The van der Waals surface area contributed by atoms with Gasteiger partial charge in [0.15, 0.2) is 17.4 Å². The van der Waals surface area contributed by atoms with Crippen molar-refractivity contribution in [3.05, 3.63) is 42.1 Å². The van der Waals surface area contributed by atoms with E-state index in [2.05, 4.69) is 15.4 Å². The summed E-state index contributed by atoms with van der Waals surface area (Å²) in [5.74, 6) is 1.44. The van der Waals surface area contributed by atoms with Gasteiger partial charge >= 0.3 is 0 Å². The van der Waals surface area contributed by atoms with Crippen LogP contribution in [0.3, 0.4) is 0 Å².